The molecule has 138 valence electrons. The van der Waals surface area contributed by atoms with Crippen molar-refractivity contribution in [3.05, 3.63) is 54.1 Å². The monoisotopic (exact) mass is 356 g/mol. The first-order valence-corrected chi connectivity index (χ1v) is 8.46. The van der Waals surface area contributed by atoms with Gasteiger partial charge in [-0.25, -0.2) is 4.79 Å². The number of nitrogens with one attached hydrogen (secondary N) is 2. The summed E-state index contributed by atoms with van der Waals surface area (Å²) in [5, 5.41) is 5.99. The molecule has 2 N–H and O–H groups in total. The first kappa shape index (κ1) is 19.3. The Bertz CT molecular complexity index is 724. The minimum Gasteiger partial charge on any atom is -0.491 e. The molecule has 0 spiro atoms. The zero-order valence-electron chi connectivity index (χ0n) is 15.2. The topological polar surface area (TPSA) is 76.7 Å². The summed E-state index contributed by atoms with van der Waals surface area (Å²) in [6, 6.07) is 14.2. The van der Waals surface area contributed by atoms with Crippen molar-refractivity contribution in [2.75, 3.05) is 24.3 Å². The minimum absolute atomic E-state index is 0.0822. The molecule has 0 radical (unpaired) electrons. The Kier molecular flexibility index (Phi) is 7.02. The van der Waals surface area contributed by atoms with E-state index in [1.807, 2.05) is 38.1 Å². The van der Waals surface area contributed by atoms with E-state index in [9.17, 15) is 9.59 Å². The molecule has 26 heavy (non-hydrogen) atoms. The molecule has 2 aromatic rings. The first-order valence-electron chi connectivity index (χ1n) is 8.46. The predicted octanol–water partition coefficient (Wildman–Crippen LogP) is 3.70. The van der Waals surface area contributed by atoms with E-state index < -0.39 is 0 Å². The van der Waals surface area contributed by atoms with Gasteiger partial charge in [-0.05, 0) is 62.4 Å². The quantitative estimate of drug-likeness (QED) is 0.705. The molecule has 0 saturated heterocycles. The van der Waals surface area contributed by atoms with Crippen LogP contribution in [0.5, 0.6) is 5.75 Å². The number of carbonyl (C=O) groups is 2. The molecule has 0 fully saturated rings. The van der Waals surface area contributed by atoms with Crippen LogP contribution in [0.1, 0.15) is 30.6 Å². The van der Waals surface area contributed by atoms with Gasteiger partial charge in [0.25, 0.3) is 0 Å². The Balaban J connectivity index is 1.75. The standard InChI is InChI=1S/C20H24N2O4/c1-14(2)26-18-10-8-17(9-11-18)22-19(23)12-13-21-16-6-4-15(5-7-16)20(24)25-3/h4-11,14,21H,12-13H2,1-3H3,(H,22,23). The summed E-state index contributed by atoms with van der Waals surface area (Å²) in [6.45, 7) is 4.41. The van der Waals surface area contributed by atoms with Gasteiger partial charge in [0.05, 0.1) is 18.8 Å². The van der Waals surface area contributed by atoms with Crippen molar-refractivity contribution in [2.24, 2.45) is 0 Å². The molecule has 0 unspecified atom stereocenters. The number of hydrogen-bond acceptors (Lipinski definition) is 5. The Labute approximate surface area is 153 Å². The smallest absolute Gasteiger partial charge is 0.337 e. The van der Waals surface area contributed by atoms with E-state index in [-0.39, 0.29) is 18.0 Å². The Morgan fingerprint density at radius 3 is 2.15 bits per heavy atom. The minimum atomic E-state index is -0.374. The summed E-state index contributed by atoms with van der Waals surface area (Å²) in [5.41, 5.74) is 2.05. The second-order valence-electron chi connectivity index (χ2n) is 5.98. The van der Waals surface area contributed by atoms with Crippen LogP contribution in [0.3, 0.4) is 0 Å². The molecule has 6 heteroatoms. The molecule has 0 bridgehead atoms. The van der Waals surface area contributed by atoms with Crippen LogP contribution in [0.15, 0.2) is 48.5 Å². The molecule has 0 saturated carbocycles. The zero-order valence-corrected chi connectivity index (χ0v) is 15.2. The fourth-order valence-corrected chi connectivity index (χ4v) is 2.27. The van der Waals surface area contributed by atoms with E-state index in [0.717, 1.165) is 17.1 Å². The lowest BCUT2D eigenvalue weighted by atomic mass is 10.2. The van der Waals surface area contributed by atoms with Gasteiger partial charge in [0.2, 0.25) is 5.91 Å². The summed E-state index contributed by atoms with van der Waals surface area (Å²) in [7, 11) is 1.35. The van der Waals surface area contributed by atoms with Crippen molar-refractivity contribution < 1.29 is 19.1 Å². The van der Waals surface area contributed by atoms with Crippen molar-refractivity contribution in [3.63, 3.8) is 0 Å². The fourth-order valence-electron chi connectivity index (χ4n) is 2.27. The second kappa shape index (κ2) is 9.46. The van der Waals surface area contributed by atoms with E-state index in [0.29, 0.717) is 18.5 Å². The molecule has 2 aromatic carbocycles. The number of amides is 1. The van der Waals surface area contributed by atoms with E-state index in [4.69, 9.17) is 4.74 Å². The van der Waals surface area contributed by atoms with Gasteiger partial charge in [-0.15, -0.1) is 0 Å². The summed E-state index contributed by atoms with van der Waals surface area (Å²) < 4.78 is 10.2. The second-order valence-corrected chi connectivity index (χ2v) is 5.98. The van der Waals surface area contributed by atoms with Crippen molar-refractivity contribution >= 4 is 23.3 Å². The number of esters is 1. The maximum absolute atomic E-state index is 12.0. The van der Waals surface area contributed by atoms with Crippen LogP contribution >= 0.6 is 0 Å². The normalized spacial score (nSPS) is 10.3. The van der Waals surface area contributed by atoms with Gasteiger partial charge in [-0.1, -0.05) is 0 Å². The molecular formula is C20H24N2O4. The number of ether oxygens (including phenoxy) is 2. The highest BCUT2D eigenvalue weighted by atomic mass is 16.5. The highest BCUT2D eigenvalue weighted by Gasteiger charge is 2.06. The maximum Gasteiger partial charge on any atom is 0.337 e. The molecule has 0 aliphatic carbocycles. The van der Waals surface area contributed by atoms with Crippen molar-refractivity contribution in [1.82, 2.24) is 0 Å². The Morgan fingerprint density at radius 2 is 1.58 bits per heavy atom. The van der Waals surface area contributed by atoms with Gasteiger partial charge in [0.15, 0.2) is 0 Å². The molecule has 0 aliphatic rings. The summed E-state index contributed by atoms with van der Waals surface area (Å²) in [5.74, 6) is 0.317. The highest BCUT2D eigenvalue weighted by Crippen LogP contribution is 2.17. The Morgan fingerprint density at radius 1 is 0.962 bits per heavy atom. The SMILES string of the molecule is COC(=O)c1ccc(NCCC(=O)Nc2ccc(OC(C)C)cc2)cc1. The van der Waals surface area contributed by atoms with E-state index in [1.54, 1.807) is 24.3 Å². The number of methoxy groups -OCH3 is 1. The van der Waals surface area contributed by atoms with Crippen LogP contribution in [-0.4, -0.2) is 31.6 Å². The number of benzene rings is 2. The van der Waals surface area contributed by atoms with Crippen LogP contribution in [0, 0.1) is 0 Å². The molecule has 0 aromatic heterocycles. The first-order chi connectivity index (χ1) is 12.5. The van der Waals surface area contributed by atoms with E-state index in [1.165, 1.54) is 7.11 Å². The molecule has 2 rings (SSSR count). The molecular weight excluding hydrogens is 332 g/mol. The lowest BCUT2D eigenvalue weighted by molar-refractivity contribution is -0.115. The van der Waals surface area contributed by atoms with E-state index in [2.05, 4.69) is 15.4 Å². The van der Waals surface area contributed by atoms with Crippen LogP contribution in [0.4, 0.5) is 11.4 Å². The van der Waals surface area contributed by atoms with Crippen LogP contribution < -0.4 is 15.4 Å². The average molecular weight is 356 g/mol. The molecule has 0 heterocycles. The largest absolute Gasteiger partial charge is 0.491 e. The van der Waals surface area contributed by atoms with Crippen molar-refractivity contribution in [3.8, 4) is 5.75 Å². The third kappa shape index (κ3) is 6.12. The Hall–Kier alpha value is -3.02. The molecule has 0 aliphatic heterocycles. The molecule has 0 atom stereocenters. The molecule has 1 amide bonds. The highest BCUT2D eigenvalue weighted by molar-refractivity contribution is 5.91. The summed E-state index contributed by atoms with van der Waals surface area (Å²) in [6.07, 6.45) is 0.436. The number of rotatable bonds is 8. The van der Waals surface area contributed by atoms with Gasteiger partial charge >= 0.3 is 5.97 Å². The third-order valence-corrected chi connectivity index (χ3v) is 3.50. The van der Waals surface area contributed by atoms with Crippen molar-refractivity contribution in [2.45, 2.75) is 26.4 Å². The third-order valence-electron chi connectivity index (χ3n) is 3.50. The predicted molar refractivity (Wildman–Crippen MR) is 102 cm³/mol. The van der Waals surface area contributed by atoms with Crippen LogP contribution in [-0.2, 0) is 9.53 Å². The maximum atomic E-state index is 12.0. The van der Waals surface area contributed by atoms with Gasteiger partial charge in [-0.3, -0.25) is 4.79 Å². The zero-order chi connectivity index (χ0) is 18.9. The lowest BCUT2D eigenvalue weighted by Gasteiger charge is -2.11. The summed E-state index contributed by atoms with van der Waals surface area (Å²) >= 11 is 0. The van der Waals surface area contributed by atoms with Gasteiger partial charge in [-0.2, -0.15) is 0 Å². The average Bonchev–Trinajstić information content (AvgIpc) is 2.63. The van der Waals surface area contributed by atoms with Gasteiger partial charge in [0.1, 0.15) is 5.75 Å². The lowest BCUT2D eigenvalue weighted by Crippen LogP contribution is -2.16. The number of anilines is 2. The fraction of sp³-hybridized carbons (Fsp3) is 0.300. The summed E-state index contributed by atoms with van der Waals surface area (Å²) in [4.78, 5) is 23.4. The van der Waals surface area contributed by atoms with E-state index >= 15 is 0 Å². The molecule has 6 nitrogen and oxygen atoms in total. The van der Waals surface area contributed by atoms with Crippen LogP contribution in [0.25, 0.3) is 0 Å². The van der Waals surface area contributed by atoms with Crippen LogP contribution in [0.2, 0.25) is 0 Å². The van der Waals surface area contributed by atoms with Gasteiger partial charge in [0, 0.05) is 24.3 Å². The number of hydrogen-bond donors (Lipinski definition) is 2. The number of carbonyl (C=O) groups excluding carboxylic acids is 2. The van der Waals surface area contributed by atoms with Crippen molar-refractivity contribution in [1.29, 1.82) is 0 Å². The van der Waals surface area contributed by atoms with Gasteiger partial charge < -0.3 is 20.1 Å².